The number of carbonyl (C=O) groups excluding carboxylic acids is 1. The Balaban J connectivity index is 1.36. The second kappa shape index (κ2) is 5.96. The molecule has 3 aromatic rings. The zero-order valence-electron chi connectivity index (χ0n) is 13.2. The standard InChI is InChI=1S/C18H17N3O3/c1-11-10-20-18(23-11)21-17(22)13-8-14(9-13)24-15-6-2-4-12-5-3-7-19-16(12)15/h2-7,10,13-14H,8-9H2,1H3,(H,20,21,22). The topological polar surface area (TPSA) is 77.2 Å². The molecule has 0 aliphatic heterocycles. The van der Waals surface area contributed by atoms with E-state index in [2.05, 4.69) is 15.3 Å². The van der Waals surface area contributed by atoms with E-state index in [1.54, 1.807) is 19.3 Å². The molecule has 0 bridgehead atoms. The first-order valence-corrected chi connectivity index (χ1v) is 7.93. The van der Waals surface area contributed by atoms with Crippen LogP contribution in [-0.2, 0) is 4.79 Å². The van der Waals surface area contributed by atoms with Gasteiger partial charge in [0, 0.05) is 17.5 Å². The second-order valence-electron chi connectivity index (χ2n) is 6.00. The van der Waals surface area contributed by atoms with E-state index < -0.39 is 0 Å². The molecule has 0 radical (unpaired) electrons. The van der Waals surface area contributed by atoms with Crippen molar-refractivity contribution in [2.24, 2.45) is 5.92 Å². The molecule has 24 heavy (non-hydrogen) atoms. The SMILES string of the molecule is Cc1cnc(NC(=O)C2CC(Oc3cccc4cccnc34)C2)o1. The summed E-state index contributed by atoms with van der Waals surface area (Å²) in [7, 11) is 0. The van der Waals surface area contributed by atoms with E-state index in [-0.39, 0.29) is 23.9 Å². The Hall–Kier alpha value is -2.89. The molecule has 1 aliphatic rings. The number of aryl methyl sites for hydroxylation is 1. The Bertz CT molecular complexity index is 879. The largest absolute Gasteiger partial charge is 0.488 e. The number of carbonyl (C=O) groups is 1. The molecule has 6 nitrogen and oxygen atoms in total. The number of hydrogen-bond acceptors (Lipinski definition) is 5. The van der Waals surface area contributed by atoms with Crippen LogP contribution in [0.3, 0.4) is 0 Å². The van der Waals surface area contributed by atoms with Crippen molar-refractivity contribution >= 4 is 22.8 Å². The van der Waals surface area contributed by atoms with Crippen LogP contribution in [0.25, 0.3) is 10.9 Å². The van der Waals surface area contributed by atoms with Crippen LogP contribution in [0.1, 0.15) is 18.6 Å². The third-order valence-corrected chi connectivity index (χ3v) is 4.21. The predicted octanol–water partition coefficient (Wildman–Crippen LogP) is 3.33. The van der Waals surface area contributed by atoms with Crippen molar-refractivity contribution in [3.63, 3.8) is 0 Å². The summed E-state index contributed by atoms with van der Waals surface area (Å²) in [6.45, 7) is 1.79. The van der Waals surface area contributed by atoms with E-state index >= 15 is 0 Å². The van der Waals surface area contributed by atoms with Gasteiger partial charge in [-0.2, -0.15) is 0 Å². The first kappa shape index (κ1) is 14.7. The molecule has 0 unspecified atom stereocenters. The van der Waals surface area contributed by atoms with Gasteiger partial charge in [0.05, 0.1) is 6.20 Å². The Morgan fingerprint density at radius 2 is 2.08 bits per heavy atom. The van der Waals surface area contributed by atoms with Crippen molar-refractivity contribution in [3.8, 4) is 5.75 Å². The van der Waals surface area contributed by atoms with E-state index in [4.69, 9.17) is 9.15 Å². The quantitative estimate of drug-likeness (QED) is 0.797. The zero-order valence-corrected chi connectivity index (χ0v) is 13.2. The van der Waals surface area contributed by atoms with Crippen molar-refractivity contribution in [3.05, 3.63) is 48.5 Å². The molecule has 1 aromatic carbocycles. The fraction of sp³-hybridized carbons (Fsp3) is 0.278. The Labute approximate surface area is 138 Å². The number of oxazole rings is 1. The second-order valence-corrected chi connectivity index (χ2v) is 6.00. The van der Waals surface area contributed by atoms with E-state index in [0.29, 0.717) is 18.6 Å². The number of hydrogen-bond donors (Lipinski definition) is 1. The lowest BCUT2D eigenvalue weighted by Gasteiger charge is -2.34. The maximum Gasteiger partial charge on any atom is 0.301 e. The van der Waals surface area contributed by atoms with Gasteiger partial charge in [0.2, 0.25) is 5.91 Å². The van der Waals surface area contributed by atoms with Crippen molar-refractivity contribution < 1.29 is 13.9 Å². The highest BCUT2D eigenvalue weighted by Gasteiger charge is 2.36. The van der Waals surface area contributed by atoms with Gasteiger partial charge in [-0.1, -0.05) is 18.2 Å². The predicted molar refractivity (Wildman–Crippen MR) is 88.8 cm³/mol. The number of rotatable bonds is 4. The van der Waals surface area contributed by atoms with E-state index in [1.165, 1.54) is 0 Å². The molecule has 1 amide bonds. The van der Waals surface area contributed by atoms with Crippen molar-refractivity contribution in [1.82, 2.24) is 9.97 Å². The molecule has 0 saturated heterocycles. The third-order valence-electron chi connectivity index (χ3n) is 4.21. The number of anilines is 1. The van der Waals surface area contributed by atoms with Crippen LogP contribution in [0.15, 0.2) is 47.1 Å². The first-order chi connectivity index (χ1) is 11.7. The smallest absolute Gasteiger partial charge is 0.301 e. The van der Waals surface area contributed by atoms with E-state index in [9.17, 15) is 4.79 Å². The number of nitrogens with zero attached hydrogens (tertiary/aromatic N) is 2. The zero-order chi connectivity index (χ0) is 16.5. The van der Waals surface area contributed by atoms with Crippen LogP contribution in [0.2, 0.25) is 0 Å². The maximum atomic E-state index is 12.1. The Kier molecular flexibility index (Phi) is 3.65. The van der Waals surface area contributed by atoms with E-state index in [0.717, 1.165) is 16.7 Å². The molecule has 2 aromatic heterocycles. The maximum absolute atomic E-state index is 12.1. The molecular weight excluding hydrogens is 306 g/mol. The van der Waals surface area contributed by atoms with Gasteiger partial charge in [-0.25, -0.2) is 4.98 Å². The molecule has 0 spiro atoms. The highest BCUT2D eigenvalue weighted by atomic mass is 16.5. The minimum absolute atomic E-state index is 0.0275. The number of aromatic nitrogens is 2. The van der Waals surface area contributed by atoms with Crippen LogP contribution in [0.5, 0.6) is 5.75 Å². The number of ether oxygens (including phenoxy) is 1. The fourth-order valence-electron chi connectivity index (χ4n) is 2.85. The average Bonchev–Trinajstić information content (AvgIpc) is 2.95. The highest BCUT2D eigenvalue weighted by molar-refractivity contribution is 5.91. The number of benzene rings is 1. The van der Waals surface area contributed by atoms with Gasteiger partial charge in [-0.05, 0) is 31.9 Å². The summed E-state index contributed by atoms with van der Waals surface area (Å²) in [4.78, 5) is 20.5. The Morgan fingerprint density at radius 3 is 2.88 bits per heavy atom. The van der Waals surface area contributed by atoms with Crippen LogP contribution in [0.4, 0.5) is 6.01 Å². The average molecular weight is 323 g/mol. The molecule has 0 atom stereocenters. The summed E-state index contributed by atoms with van der Waals surface area (Å²) in [6.07, 6.45) is 4.71. The lowest BCUT2D eigenvalue weighted by atomic mass is 9.81. The lowest BCUT2D eigenvalue weighted by molar-refractivity contribution is -0.125. The van der Waals surface area contributed by atoms with E-state index in [1.807, 2.05) is 30.3 Å². The molecule has 1 fully saturated rings. The molecule has 1 saturated carbocycles. The van der Waals surface area contributed by atoms with Crippen LogP contribution < -0.4 is 10.1 Å². The summed E-state index contributed by atoms with van der Waals surface area (Å²) in [5.41, 5.74) is 0.850. The van der Waals surface area contributed by atoms with Gasteiger partial charge in [-0.15, -0.1) is 0 Å². The fourth-order valence-corrected chi connectivity index (χ4v) is 2.85. The van der Waals surface area contributed by atoms with Crippen LogP contribution >= 0.6 is 0 Å². The molecule has 1 aliphatic carbocycles. The normalized spacial score (nSPS) is 19.7. The summed E-state index contributed by atoms with van der Waals surface area (Å²) < 4.78 is 11.3. The number of amides is 1. The minimum Gasteiger partial charge on any atom is -0.488 e. The van der Waals surface area contributed by atoms with Gasteiger partial charge in [0.15, 0.2) is 0 Å². The molecule has 2 heterocycles. The molecule has 4 rings (SSSR count). The van der Waals surface area contributed by atoms with Gasteiger partial charge in [0.25, 0.3) is 0 Å². The monoisotopic (exact) mass is 323 g/mol. The van der Waals surface area contributed by atoms with Crippen LogP contribution in [0, 0.1) is 12.8 Å². The van der Waals surface area contributed by atoms with Crippen LogP contribution in [-0.4, -0.2) is 22.0 Å². The minimum atomic E-state index is -0.0786. The number of para-hydroxylation sites is 1. The summed E-state index contributed by atoms with van der Waals surface area (Å²) in [6, 6.07) is 10.0. The van der Waals surface area contributed by atoms with Gasteiger partial charge in [-0.3, -0.25) is 15.1 Å². The summed E-state index contributed by atoms with van der Waals surface area (Å²) in [5, 5.41) is 3.74. The number of fused-ring (bicyclic) bond motifs is 1. The first-order valence-electron chi connectivity index (χ1n) is 7.93. The molecular formula is C18H17N3O3. The van der Waals surface area contributed by atoms with Gasteiger partial charge >= 0.3 is 6.01 Å². The molecule has 6 heteroatoms. The lowest BCUT2D eigenvalue weighted by Crippen LogP contribution is -2.40. The summed E-state index contributed by atoms with van der Waals surface area (Å²) >= 11 is 0. The Morgan fingerprint density at radius 1 is 1.25 bits per heavy atom. The van der Waals surface area contributed by atoms with Crippen molar-refractivity contribution in [1.29, 1.82) is 0 Å². The van der Waals surface area contributed by atoms with Gasteiger partial charge in [0.1, 0.15) is 23.1 Å². The number of pyridine rings is 1. The molecule has 122 valence electrons. The van der Waals surface area contributed by atoms with Gasteiger partial charge < -0.3 is 9.15 Å². The highest BCUT2D eigenvalue weighted by Crippen LogP contribution is 2.34. The van der Waals surface area contributed by atoms with Crippen molar-refractivity contribution in [2.75, 3.05) is 5.32 Å². The third kappa shape index (κ3) is 2.82. The summed E-state index contributed by atoms with van der Waals surface area (Å²) in [5.74, 6) is 1.28. The number of nitrogens with one attached hydrogen (secondary N) is 1. The van der Waals surface area contributed by atoms with Crippen molar-refractivity contribution in [2.45, 2.75) is 25.9 Å². The molecule has 1 N–H and O–H groups in total.